The average Bonchev–Trinajstić information content (AvgIpc) is 2.76. The van der Waals surface area contributed by atoms with Crippen LogP contribution in [0.5, 0.6) is 0 Å². The maximum absolute atomic E-state index is 12.9. The first-order valence-corrected chi connectivity index (χ1v) is 13.8. The van der Waals surface area contributed by atoms with Crippen molar-refractivity contribution < 1.29 is 26.6 Å². The van der Waals surface area contributed by atoms with Crippen molar-refractivity contribution in [3.05, 3.63) is 72.3 Å². The summed E-state index contributed by atoms with van der Waals surface area (Å²) in [5.41, 5.74) is 3.23. The highest BCUT2D eigenvalue weighted by molar-refractivity contribution is 7.94. The van der Waals surface area contributed by atoms with Crippen LogP contribution in [0.15, 0.2) is 66.7 Å². The van der Waals surface area contributed by atoms with Gasteiger partial charge in [-0.3, -0.25) is 9.12 Å². The maximum Gasteiger partial charge on any atom is 0.351 e. The third kappa shape index (κ3) is 6.06. The maximum atomic E-state index is 12.9. The molecule has 0 aliphatic carbocycles. The van der Waals surface area contributed by atoms with Gasteiger partial charge in [-0.25, -0.2) is 0 Å². The van der Waals surface area contributed by atoms with Gasteiger partial charge in [0.2, 0.25) is 0 Å². The lowest BCUT2D eigenvalue weighted by atomic mass is 9.99. The molecule has 3 aromatic rings. The molecule has 1 unspecified atom stereocenters. The normalized spacial score (nSPS) is 13.3. The van der Waals surface area contributed by atoms with Crippen LogP contribution in [0.2, 0.25) is 0 Å². The summed E-state index contributed by atoms with van der Waals surface area (Å²) in [7, 11) is -8.57. The van der Waals surface area contributed by atoms with Crippen molar-refractivity contribution in [2.45, 2.75) is 38.1 Å². The minimum Gasteiger partial charge on any atom is -0.308 e. The fraction of sp³-hybridized carbons (Fsp3) is 0.333. The molecule has 0 aliphatic rings. The highest BCUT2D eigenvalue weighted by atomic mass is 32.2. The van der Waals surface area contributed by atoms with Gasteiger partial charge in [0.15, 0.2) is 4.99 Å². The summed E-state index contributed by atoms with van der Waals surface area (Å²) in [6.45, 7) is 3.26. The third-order valence-corrected chi connectivity index (χ3v) is 9.96. The van der Waals surface area contributed by atoms with E-state index in [-0.39, 0.29) is 19.6 Å². The van der Waals surface area contributed by atoms with Gasteiger partial charge in [-0.05, 0) is 66.6 Å². The first-order valence-electron chi connectivity index (χ1n) is 10.7. The summed E-state index contributed by atoms with van der Waals surface area (Å²) in [5.74, 6) is 0. The SMILES string of the molecule is CCOP(=O)(OCC)C(CCCc1ccc(-c2ccc3ccccc3c2)cc1)S(=O)(=O)O. The molecule has 6 nitrogen and oxygen atoms in total. The van der Waals surface area contributed by atoms with Gasteiger partial charge in [0.05, 0.1) is 13.2 Å². The molecule has 1 N–H and O–H groups in total. The van der Waals surface area contributed by atoms with Crippen LogP contribution in [0.25, 0.3) is 21.9 Å². The Labute approximate surface area is 189 Å². The molecule has 1 atom stereocenters. The van der Waals surface area contributed by atoms with Crippen LogP contribution >= 0.6 is 7.60 Å². The van der Waals surface area contributed by atoms with Gasteiger partial charge in [0.1, 0.15) is 0 Å². The Kier molecular flexibility index (Phi) is 8.26. The van der Waals surface area contributed by atoms with Crippen molar-refractivity contribution >= 4 is 28.5 Å². The second-order valence-electron chi connectivity index (χ2n) is 7.50. The molecule has 172 valence electrons. The van der Waals surface area contributed by atoms with Crippen LogP contribution in [0, 0.1) is 0 Å². The van der Waals surface area contributed by atoms with E-state index in [0.29, 0.717) is 12.8 Å². The quantitative estimate of drug-likeness (QED) is 0.258. The summed E-state index contributed by atoms with van der Waals surface area (Å²) in [4.78, 5) is -1.59. The molecule has 0 saturated carbocycles. The first-order chi connectivity index (χ1) is 15.3. The van der Waals surface area contributed by atoms with Gasteiger partial charge in [0, 0.05) is 0 Å². The summed E-state index contributed by atoms with van der Waals surface area (Å²) in [6.07, 6.45) is 0.953. The van der Waals surface area contributed by atoms with Crippen LogP contribution in [0.3, 0.4) is 0 Å². The molecule has 3 aromatic carbocycles. The van der Waals surface area contributed by atoms with E-state index in [0.717, 1.165) is 16.7 Å². The monoisotopic (exact) mass is 476 g/mol. The van der Waals surface area contributed by atoms with E-state index in [1.54, 1.807) is 13.8 Å². The second-order valence-corrected chi connectivity index (χ2v) is 11.7. The van der Waals surface area contributed by atoms with Crippen LogP contribution < -0.4 is 0 Å². The minimum atomic E-state index is -4.60. The number of benzene rings is 3. The summed E-state index contributed by atoms with van der Waals surface area (Å²) >= 11 is 0. The summed E-state index contributed by atoms with van der Waals surface area (Å²) < 4.78 is 56.6. The first kappa shape index (κ1) is 24.6. The zero-order chi connectivity index (χ0) is 23.2. The predicted molar refractivity (Wildman–Crippen MR) is 129 cm³/mol. The van der Waals surface area contributed by atoms with Crippen LogP contribution in [-0.4, -0.2) is 31.2 Å². The lowest BCUT2D eigenvalue weighted by Gasteiger charge is -2.24. The number of hydrogen-bond acceptors (Lipinski definition) is 5. The molecule has 0 amide bonds. The Hall–Kier alpha value is -2.02. The molecule has 0 aliphatic heterocycles. The van der Waals surface area contributed by atoms with Crippen molar-refractivity contribution in [3.8, 4) is 11.1 Å². The summed E-state index contributed by atoms with van der Waals surface area (Å²) in [6, 6.07) is 22.6. The highest BCUT2D eigenvalue weighted by Crippen LogP contribution is 2.56. The van der Waals surface area contributed by atoms with Crippen LogP contribution in [0.4, 0.5) is 0 Å². The molecule has 0 saturated heterocycles. The molecule has 8 heteroatoms. The standard InChI is InChI=1S/C24H29O6PS/c1-3-29-31(25,30-4-2)24(32(26,27)28)11-7-8-19-12-14-21(15-13-19)23-17-16-20-9-5-6-10-22(20)18-23/h5-6,9-10,12-18,24H,3-4,7-8,11H2,1-2H3,(H,26,27,28). The zero-order valence-electron chi connectivity index (χ0n) is 18.3. The Morgan fingerprint density at radius 2 is 1.47 bits per heavy atom. The Bertz CT molecular complexity index is 1180. The van der Waals surface area contributed by atoms with Gasteiger partial charge in [0.25, 0.3) is 10.1 Å². The Balaban J connectivity index is 1.68. The third-order valence-electron chi connectivity index (χ3n) is 5.27. The summed E-state index contributed by atoms with van der Waals surface area (Å²) in [5, 5.41) is 2.37. The number of fused-ring (bicyclic) bond motifs is 1. The molecule has 3 rings (SSSR count). The van der Waals surface area contributed by atoms with E-state index in [1.807, 2.05) is 36.4 Å². The molecule has 0 heterocycles. The van der Waals surface area contributed by atoms with E-state index in [1.165, 1.54) is 10.8 Å². The van der Waals surface area contributed by atoms with E-state index in [2.05, 4.69) is 30.3 Å². The largest absolute Gasteiger partial charge is 0.351 e. The van der Waals surface area contributed by atoms with E-state index in [9.17, 15) is 17.5 Å². The molecule has 0 radical (unpaired) electrons. The highest BCUT2D eigenvalue weighted by Gasteiger charge is 2.43. The van der Waals surface area contributed by atoms with Gasteiger partial charge >= 0.3 is 7.60 Å². The smallest absolute Gasteiger partial charge is 0.308 e. The predicted octanol–water partition coefficient (Wildman–Crippen LogP) is 6.31. The Morgan fingerprint density at radius 3 is 2.06 bits per heavy atom. The fourth-order valence-corrected chi connectivity index (χ4v) is 7.51. The van der Waals surface area contributed by atoms with Gasteiger partial charge < -0.3 is 9.05 Å². The average molecular weight is 477 g/mol. The molecule has 0 aromatic heterocycles. The molecule has 0 spiro atoms. The number of aryl methyl sites for hydroxylation is 1. The van der Waals surface area contributed by atoms with Crippen molar-refractivity contribution in [1.82, 2.24) is 0 Å². The topological polar surface area (TPSA) is 89.9 Å². The van der Waals surface area contributed by atoms with Crippen molar-refractivity contribution in [2.75, 3.05) is 13.2 Å². The van der Waals surface area contributed by atoms with Gasteiger partial charge in [-0.15, -0.1) is 0 Å². The zero-order valence-corrected chi connectivity index (χ0v) is 20.0. The fourth-order valence-electron chi connectivity index (χ4n) is 3.75. The van der Waals surface area contributed by atoms with E-state index >= 15 is 0 Å². The van der Waals surface area contributed by atoms with Crippen molar-refractivity contribution in [3.63, 3.8) is 0 Å². The van der Waals surface area contributed by atoms with Crippen LogP contribution in [-0.2, 0) is 30.2 Å². The Morgan fingerprint density at radius 1 is 0.875 bits per heavy atom. The van der Waals surface area contributed by atoms with Crippen molar-refractivity contribution in [2.24, 2.45) is 0 Å². The van der Waals surface area contributed by atoms with E-state index in [4.69, 9.17) is 9.05 Å². The second kappa shape index (κ2) is 10.7. The lowest BCUT2D eigenvalue weighted by Crippen LogP contribution is -2.23. The molecule has 32 heavy (non-hydrogen) atoms. The minimum absolute atomic E-state index is 0.0253. The van der Waals surface area contributed by atoms with E-state index < -0.39 is 22.7 Å². The molecule has 0 bridgehead atoms. The number of hydrogen-bond donors (Lipinski definition) is 1. The lowest BCUT2D eigenvalue weighted by molar-refractivity contribution is 0.215. The molecular weight excluding hydrogens is 447 g/mol. The molecule has 0 fully saturated rings. The van der Waals surface area contributed by atoms with Gasteiger partial charge in [-0.2, -0.15) is 8.42 Å². The van der Waals surface area contributed by atoms with Crippen LogP contribution in [0.1, 0.15) is 32.3 Å². The van der Waals surface area contributed by atoms with Crippen molar-refractivity contribution in [1.29, 1.82) is 0 Å². The molecular formula is C24H29O6PS. The van der Waals surface area contributed by atoms with Gasteiger partial charge in [-0.1, -0.05) is 60.7 Å². The number of rotatable bonds is 11.